The third-order valence-electron chi connectivity index (χ3n) is 1.98. The topological polar surface area (TPSA) is 38.7 Å². The summed E-state index contributed by atoms with van der Waals surface area (Å²) in [7, 11) is 1.54. The van der Waals surface area contributed by atoms with E-state index in [1.807, 2.05) is 19.1 Å². The van der Waals surface area contributed by atoms with Crippen molar-refractivity contribution < 1.29 is 14.6 Å². The van der Waals surface area contributed by atoms with Crippen LogP contribution in [-0.4, -0.2) is 25.4 Å². The van der Waals surface area contributed by atoms with Crippen LogP contribution in [0.3, 0.4) is 0 Å². The van der Waals surface area contributed by atoms with Gasteiger partial charge in [-0.1, -0.05) is 6.07 Å². The van der Waals surface area contributed by atoms with E-state index >= 15 is 0 Å². The van der Waals surface area contributed by atoms with Crippen molar-refractivity contribution in [3.05, 3.63) is 23.8 Å². The SMILES string of the molecule is CCOCCc1ccc(O)c(OC)c1. The fourth-order valence-electron chi connectivity index (χ4n) is 1.21. The lowest BCUT2D eigenvalue weighted by Crippen LogP contribution is -1.98. The summed E-state index contributed by atoms with van der Waals surface area (Å²) < 4.78 is 10.2. The predicted molar refractivity (Wildman–Crippen MR) is 54.9 cm³/mol. The Morgan fingerprint density at radius 3 is 2.79 bits per heavy atom. The predicted octanol–water partition coefficient (Wildman–Crippen LogP) is 1.98. The summed E-state index contributed by atoms with van der Waals surface area (Å²) in [4.78, 5) is 0. The fourth-order valence-corrected chi connectivity index (χ4v) is 1.21. The number of ether oxygens (including phenoxy) is 2. The fraction of sp³-hybridized carbons (Fsp3) is 0.455. The molecule has 0 unspecified atom stereocenters. The first kappa shape index (κ1) is 10.9. The molecule has 1 aromatic rings. The average Bonchev–Trinajstić information content (AvgIpc) is 2.21. The summed E-state index contributed by atoms with van der Waals surface area (Å²) in [6, 6.07) is 5.34. The second kappa shape index (κ2) is 5.50. The number of benzene rings is 1. The first-order chi connectivity index (χ1) is 6.77. The molecule has 0 amide bonds. The zero-order valence-electron chi connectivity index (χ0n) is 8.62. The molecule has 0 radical (unpaired) electrons. The molecule has 3 nitrogen and oxygen atoms in total. The van der Waals surface area contributed by atoms with Crippen molar-refractivity contribution >= 4 is 0 Å². The minimum atomic E-state index is 0.174. The number of hydrogen-bond acceptors (Lipinski definition) is 3. The van der Waals surface area contributed by atoms with Gasteiger partial charge in [-0.15, -0.1) is 0 Å². The molecule has 1 rings (SSSR count). The molecule has 0 aliphatic rings. The number of phenols is 1. The Balaban J connectivity index is 2.60. The van der Waals surface area contributed by atoms with Crippen LogP contribution in [0.15, 0.2) is 18.2 Å². The van der Waals surface area contributed by atoms with Crippen molar-refractivity contribution in [2.75, 3.05) is 20.3 Å². The standard InChI is InChI=1S/C11H16O3/c1-3-14-7-6-9-4-5-10(12)11(8-9)13-2/h4-5,8,12H,3,6-7H2,1-2H3. The van der Waals surface area contributed by atoms with Gasteiger partial charge in [0.2, 0.25) is 0 Å². The number of methoxy groups -OCH3 is 1. The van der Waals surface area contributed by atoms with Crippen LogP contribution in [0, 0.1) is 0 Å². The summed E-state index contributed by atoms with van der Waals surface area (Å²) in [5.74, 6) is 0.687. The van der Waals surface area contributed by atoms with Gasteiger partial charge in [0.15, 0.2) is 11.5 Å². The van der Waals surface area contributed by atoms with Gasteiger partial charge < -0.3 is 14.6 Å². The number of aromatic hydroxyl groups is 1. The molecule has 78 valence electrons. The van der Waals surface area contributed by atoms with Crippen LogP contribution >= 0.6 is 0 Å². The van der Waals surface area contributed by atoms with Crippen LogP contribution < -0.4 is 4.74 Å². The highest BCUT2D eigenvalue weighted by Gasteiger charge is 2.01. The minimum absolute atomic E-state index is 0.174. The second-order valence-electron chi connectivity index (χ2n) is 2.95. The molecule has 0 aromatic heterocycles. The van der Waals surface area contributed by atoms with E-state index in [-0.39, 0.29) is 5.75 Å². The Kier molecular flexibility index (Phi) is 4.26. The average molecular weight is 196 g/mol. The van der Waals surface area contributed by atoms with Crippen LogP contribution in [0.1, 0.15) is 12.5 Å². The van der Waals surface area contributed by atoms with Crippen LogP contribution in [-0.2, 0) is 11.2 Å². The van der Waals surface area contributed by atoms with Gasteiger partial charge in [-0.25, -0.2) is 0 Å². The molecule has 14 heavy (non-hydrogen) atoms. The summed E-state index contributed by atoms with van der Waals surface area (Å²) in [6.45, 7) is 3.40. The summed E-state index contributed by atoms with van der Waals surface area (Å²) in [5.41, 5.74) is 1.10. The van der Waals surface area contributed by atoms with Gasteiger partial charge in [0, 0.05) is 6.61 Å². The van der Waals surface area contributed by atoms with Gasteiger partial charge in [-0.05, 0) is 31.0 Å². The molecule has 0 aliphatic heterocycles. The molecule has 0 spiro atoms. The molecule has 1 N–H and O–H groups in total. The summed E-state index contributed by atoms with van der Waals surface area (Å²) in [5, 5.41) is 9.35. The van der Waals surface area contributed by atoms with Crippen molar-refractivity contribution in [3.8, 4) is 11.5 Å². The van der Waals surface area contributed by atoms with Crippen molar-refractivity contribution in [2.45, 2.75) is 13.3 Å². The molecule has 1 aromatic carbocycles. The second-order valence-corrected chi connectivity index (χ2v) is 2.95. The van der Waals surface area contributed by atoms with E-state index in [1.54, 1.807) is 13.2 Å². The monoisotopic (exact) mass is 196 g/mol. The van der Waals surface area contributed by atoms with Gasteiger partial charge in [0.1, 0.15) is 0 Å². The third kappa shape index (κ3) is 2.92. The Bertz CT molecular complexity index is 284. The zero-order chi connectivity index (χ0) is 10.4. The van der Waals surface area contributed by atoms with E-state index < -0.39 is 0 Å². The molecule has 0 bridgehead atoms. The molecule has 3 heteroatoms. The molecule has 0 heterocycles. The van der Waals surface area contributed by atoms with Gasteiger partial charge in [0.25, 0.3) is 0 Å². The maximum absolute atomic E-state index is 9.35. The lowest BCUT2D eigenvalue weighted by molar-refractivity contribution is 0.151. The molecule has 0 fully saturated rings. The van der Waals surface area contributed by atoms with E-state index in [2.05, 4.69) is 0 Å². The molecule has 0 aliphatic carbocycles. The van der Waals surface area contributed by atoms with Gasteiger partial charge in [-0.2, -0.15) is 0 Å². The van der Waals surface area contributed by atoms with Crippen LogP contribution in [0.4, 0.5) is 0 Å². The highest BCUT2D eigenvalue weighted by Crippen LogP contribution is 2.26. The van der Waals surface area contributed by atoms with Gasteiger partial charge in [0.05, 0.1) is 13.7 Å². The number of hydrogen-bond donors (Lipinski definition) is 1. The van der Waals surface area contributed by atoms with E-state index in [9.17, 15) is 5.11 Å². The normalized spacial score (nSPS) is 10.1. The lowest BCUT2D eigenvalue weighted by Gasteiger charge is -2.06. The quantitative estimate of drug-likeness (QED) is 0.732. The van der Waals surface area contributed by atoms with Crippen molar-refractivity contribution in [1.82, 2.24) is 0 Å². The molecular weight excluding hydrogens is 180 g/mol. The maximum Gasteiger partial charge on any atom is 0.160 e. The summed E-state index contributed by atoms with van der Waals surface area (Å²) in [6.07, 6.45) is 0.838. The maximum atomic E-state index is 9.35. The van der Waals surface area contributed by atoms with Crippen LogP contribution in [0.25, 0.3) is 0 Å². The van der Waals surface area contributed by atoms with Crippen LogP contribution in [0.2, 0.25) is 0 Å². The Morgan fingerprint density at radius 1 is 1.36 bits per heavy atom. The van der Waals surface area contributed by atoms with Crippen molar-refractivity contribution in [2.24, 2.45) is 0 Å². The van der Waals surface area contributed by atoms with E-state index in [4.69, 9.17) is 9.47 Å². The summed E-state index contributed by atoms with van der Waals surface area (Å²) >= 11 is 0. The van der Waals surface area contributed by atoms with E-state index in [0.29, 0.717) is 12.4 Å². The van der Waals surface area contributed by atoms with Gasteiger partial charge in [-0.3, -0.25) is 0 Å². The third-order valence-corrected chi connectivity index (χ3v) is 1.98. The Hall–Kier alpha value is -1.22. The van der Waals surface area contributed by atoms with E-state index in [0.717, 1.165) is 18.6 Å². The molecule has 0 atom stereocenters. The largest absolute Gasteiger partial charge is 0.504 e. The highest BCUT2D eigenvalue weighted by molar-refractivity contribution is 5.41. The molecular formula is C11H16O3. The van der Waals surface area contributed by atoms with Crippen molar-refractivity contribution in [3.63, 3.8) is 0 Å². The number of phenolic OH excluding ortho intramolecular Hbond substituents is 1. The molecule has 0 saturated carbocycles. The smallest absolute Gasteiger partial charge is 0.160 e. The first-order valence-corrected chi connectivity index (χ1v) is 4.71. The highest BCUT2D eigenvalue weighted by atomic mass is 16.5. The van der Waals surface area contributed by atoms with Gasteiger partial charge >= 0.3 is 0 Å². The number of rotatable bonds is 5. The molecule has 0 saturated heterocycles. The Labute approximate surface area is 84.3 Å². The Morgan fingerprint density at radius 2 is 2.14 bits per heavy atom. The zero-order valence-corrected chi connectivity index (χ0v) is 8.62. The van der Waals surface area contributed by atoms with Crippen molar-refractivity contribution in [1.29, 1.82) is 0 Å². The minimum Gasteiger partial charge on any atom is -0.504 e. The lowest BCUT2D eigenvalue weighted by atomic mass is 10.1. The van der Waals surface area contributed by atoms with E-state index in [1.165, 1.54) is 0 Å². The first-order valence-electron chi connectivity index (χ1n) is 4.71. The van der Waals surface area contributed by atoms with Crippen LogP contribution in [0.5, 0.6) is 11.5 Å².